The lowest BCUT2D eigenvalue weighted by Crippen LogP contribution is -2.18. The Kier molecular flexibility index (Phi) is 5.56. The van der Waals surface area contributed by atoms with Crippen molar-refractivity contribution in [3.63, 3.8) is 0 Å². The summed E-state index contributed by atoms with van der Waals surface area (Å²) in [5, 5.41) is 5.26. The van der Waals surface area contributed by atoms with Crippen LogP contribution >= 0.6 is 11.6 Å². The molecular formula is C13H18ClNO4S. The molecule has 0 aliphatic heterocycles. The van der Waals surface area contributed by atoms with E-state index in [-0.39, 0.29) is 21.6 Å². The second-order valence-electron chi connectivity index (χ2n) is 4.63. The molecule has 20 heavy (non-hydrogen) atoms. The van der Waals surface area contributed by atoms with Crippen molar-refractivity contribution in [2.45, 2.75) is 44.6 Å². The van der Waals surface area contributed by atoms with Gasteiger partial charge in [-0.2, -0.15) is 0 Å². The molecule has 0 aromatic heterocycles. The first-order valence-electron chi connectivity index (χ1n) is 6.20. The molecule has 5 nitrogen and oxygen atoms in total. The second kappa shape index (κ2) is 6.56. The van der Waals surface area contributed by atoms with Crippen LogP contribution in [0.3, 0.4) is 0 Å². The van der Waals surface area contributed by atoms with Crippen LogP contribution in [0.15, 0.2) is 17.0 Å². The third-order valence-electron chi connectivity index (χ3n) is 2.84. The van der Waals surface area contributed by atoms with Gasteiger partial charge in [0.2, 0.25) is 10.0 Å². The highest BCUT2D eigenvalue weighted by Gasteiger charge is 2.20. The minimum atomic E-state index is -3.94. The number of hydrogen-bond donors (Lipinski definition) is 1. The van der Waals surface area contributed by atoms with E-state index in [4.69, 9.17) is 21.5 Å². The summed E-state index contributed by atoms with van der Waals surface area (Å²) in [6.07, 6.45) is 1.37. The van der Waals surface area contributed by atoms with Gasteiger partial charge in [-0.15, -0.1) is 0 Å². The number of hydrogen-bond acceptors (Lipinski definition) is 4. The highest BCUT2D eigenvalue weighted by Crippen LogP contribution is 2.25. The van der Waals surface area contributed by atoms with Gasteiger partial charge in [0.1, 0.15) is 0 Å². The number of carbonyl (C=O) groups excluding carboxylic acids is 1. The largest absolute Gasteiger partial charge is 0.459 e. The van der Waals surface area contributed by atoms with Gasteiger partial charge in [0.25, 0.3) is 0 Å². The molecule has 1 rings (SSSR count). The molecule has 0 amide bonds. The average molecular weight is 320 g/mol. The number of rotatable bonds is 5. The number of benzene rings is 1. The standard InChI is InChI=1S/C13H18ClNO4S/c1-4-5-8(2)19-13(16)10-6-11(14)9(3)12(7-10)20(15,17)18/h6-8H,4-5H2,1-3H3,(H2,15,17,18). The van der Waals surface area contributed by atoms with Crippen molar-refractivity contribution < 1.29 is 17.9 Å². The summed E-state index contributed by atoms with van der Waals surface area (Å²) < 4.78 is 28.2. The zero-order valence-electron chi connectivity index (χ0n) is 11.6. The van der Waals surface area contributed by atoms with Crippen molar-refractivity contribution >= 4 is 27.6 Å². The normalized spacial score (nSPS) is 13.1. The maximum absolute atomic E-state index is 12.0. The minimum Gasteiger partial charge on any atom is -0.459 e. The smallest absolute Gasteiger partial charge is 0.338 e. The van der Waals surface area contributed by atoms with E-state index < -0.39 is 16.0 Å². The number of nitrogens with two attached hydrogens (primary N) is 1. The number of carbonyl (C=O) groups is 1. The topological polar surface area (TPSA) is 86.5 Å². The summed E-state index contributed by atoms with van der Waals surface area (Å²) in [7, 11) is -3.94. The molecule has 1 aromatic rings. The number of primary sulfonamides is 1. The summed E-state index contributed by atoms with van der Waals surface area (Å²) >= 11 is 5.94. The Balaban J connectivity index is 3.15. The summed E-state index contributed by atoms with van der Waals surface area (Å²) in [5.41, 5.74) is 0.389. The van der Waals surface area contributed by atoms with Crippen LogP contribution in [0.1, 0.15) is 42.6 Å². The van der Waals surface area contributed by atoms with E-state index in [1.807, 2.05) is 6.92 Å². The third-order valence-corrected chi connectivity index (χ3v) is 4.27. The fraction of sp³-hybridized carbons (Fsp3) is 0.462. The highest BCUT2D eigenvalue weighted by atomic mass is 35.5. The summed E-state index contributed by atoms with van der Waals surface area (Å²) in [6.45, 7) is 5.28. The summed E-state index contributed by atoms with van der Waals surface area (Å²) in [4.78, 5) is 11.8. The molecular weight excluding hydrogens is 302 g/mol. The Morgan fingerprint density at radius 2 is 2.05 bits per heavy atom. The summed E-state index contributed by atoms with van der Waals surface area (Å²) in [5.74, 6) is -0.613. The lowest BCUT2D eigenvalue weighted by Gasteiger charge is -2.13. The predicted molar refractivity (Wildman–Crippen MR) is 77.3 cm³/mol. The molecule has 0 aliphatic rings. The fourth-order valence-electron chi connectivity index (χ4n) is 1.78. The zero-order valence-corrected chi connectivity index (χ0v) is 13.2. The molecule has 112 valence electrons. The maximum atomic E-state index is 12.0. The Morgan fingerprint density at radius 1 is 1.45 bits per heavy atom. The predicted octanol–water partition coefficient (Wildman–Crippen LogP) is 2.64. The van der Waals surface area contributed by atoms with Crippen LogP contribution in [-0.2, 0) is 14.8 Å². The van der Waals surface area contributed by atoms with Crippen molar-refractivity contribution in [1.29, 1.82) is 0 Å². The van der Waals surface area contributed by atoms with E-state index in [0.29, 0.717) is 5.56 Å². The maximum Gasteiger partial charge on any atom is 0.338 e. The van der Waals surface area contributed by atoms with Crippen LogP contribution in [0.2, 0.25) is 5.02 Å². The van der Waals surface area contributed by atoms with Gasteiger partial charge in [0.15, 0.2) is 0 Å². The van der Waals surface area contributed by atoms with Gasteiger partial charge in [-0.05, 0) is 38.0 Å². The monoisotopic (exact) mass is 319 g/mol. The molecule has 0 bridgehead atoms. The Bertz CT molecular complexity index is 613. The van der Waals surface area contributed by atoms with Crippen LogP contribution in [0.25, 0.3) is 0 Å². The molecule has 1 atom stereocenters. The van der Waals surface area contributed by atoms with Gasteiger partial charge >= 0.3 is 5.97 Å². The molecule has 0 fully saturated rings. The molecule has 0 spiro atoms. The van der Waals surface area contributed by atoms with Crippen LogP contribution in [0.5, 0.6) is 0 Å². The molecule has 0 saturated heterocycles. The summed E-state index contributed by atoms with van der Waals surface area (Å²) in [6, 6.07) is 2.57. The fourth-order valence-corrected chi connectivity index (χ4v) is 2.89. The van der Waals surface area contributed by atoms with Gasteiger partial charge in [-0.3, -0.25) is 0 Å². The minimum absolute atomic E-state index is 0.0765. The van der Waals surface area contributed by atoms with Crippen molar-refractivity contribution in [2.24, 2.45) is 5.14 Å². The van der Waals surface area contributed by atoms with Crippen molar-refractivity contribution in [3.05, 3.63) is 28.3 Å². The third kappa shape index (κ3) is 4.19. The van der Waals surface area contributed by atoms with Crippen molar-refractivity contribution in [1.82, 2.24) is 0 Å². The lowest BCUT2D eigenvalue weighted by atomic mass is 10.1. The first kappa shape index (κ1) is 16.9. The van der Waals surface area contributed by atoms with Crippen molar-refractivity contribution in [3.8, 4) is 0 Å². The van der Waals surface area contributed by atoms with E-state index in [1.165, 1.54) is 19.1 Å². The molecule has 1 aromatic carbocycles. The number of ether oxygens (including phenoxy) is 1. The number of sulfonamides is 1. The van der Waals surface area contributed by atoms with Gasteiger partial charge < -0.3 is 4.74 Å². The van der Waals surface area contributed by atoms with Gasteiger partial charge in [-0.25, -0.2) is 18.4 Å². The van der Waals surface area contributed by atoms with Crippen LogP contribution in [-0.4, -0.2) is 20.5 Å². The molecule has 7 heteroatoms. The van der Waals surface area contributed by atoms with Crippen LogP contribution in [0, 0.1) is 6.92 Å². The second-order valence-corrected chi connectivity index (χ2v) is 6.57. The SMILES string of the molecule is CCCC(C)OC(=O)c1cc(Cl)c(C)c(S(N)(=O)=O)c1. The Morgan fingerprint density at radius 3 is 2.55 bits per heavy atom. The lowest BCUT2D eigenvalue weighted by molar-refractivity contribution is 0.0323. The first-order chi connectivity index (χ1) is 9.16. The van der Waals surface area contributed by atoms with E-state index in [2.05, 4.69) is 0 Å². The Hall–Kier alpha value is -1.11. The van der Waals surface area contributed by atoms with Crippen LogP contribution in [0.4, 0.5) is 0 Å². The quantitative estimate of drug-likeness (QED) is 0.845. The van der Waals surface area contributed by atoms with E-state index in [1.54, 1.807) is 6.92 Å². The number of esters is 1. The molecule has 0 radical (unpaired) electrons. The van der Waals surface area contributed by atoms with E-state index in [9.17, 15) is 13.2 Å². The average Bonchev–Trinajstić information content (AvgIpc) is 2.30. The molecule has 2 N–H and O–H groups in total. The zero-order chi connectivity index (χ0) is 15.5. The van der Waals surface area contributed by atoms with E-state index >= 15 is 0 Å². The molecule has 1 unspecified atom stereocenters. The molecule has 0 heterocycles. The van der Waals surface area contributed by atoms with E-state index in [0.717, 1.165) is 12.8 Å². The van der Waals surface area contributed by atoms with Crippen LogP contribution < -0.4 is 5.14 Å². The van der Waals surface area contributed by atoms with Crippen molar-refractivity contribution in [2.75, 3.05) is 0 Å². The van der Waals surface area contributed by atoms with Gasteiger partial charge in [0.05, 0.1) is 16.6 Å². The Labute approximate surface area is 124 Å². The molecule has 0 saturated carbocycles. The van der Waals surface area contributed by atoms with Gasteiger partial charge in [0, 0.05) is 5.02 Å². The number of halogens is 1. The first-order valence-corrected chi connectivity index (χ1v) is 8.13. The van der Waals surface area contributed by atoms with Gasteiger partial charge in [-0.1, -0.05) is 24.9 Å². The molecule has 0 aliphatic carbocycles. The highest BCUT2D eigenvalue weighted by molar-refractivity contribution is 7.89.